The molecule has 0 bridgehead atoms. The second-order valence-corrected chi connectivity index (χ2v) is 7.56. The third-order valence-corrected chi connectivity index (χ3v) is 5.74. The summed E-state index contributed by atoms with van der Waals surface area (Å²) in [5, 5.41) is 3.32. The van der Waals surface area contributed by atoms with Crippen LogP contribution in [0.15, 0.2) is 0 Å². The van der Waals surface area contributed by atoms with E-state index < -0.39 is 9.84 Å². The monoisotopic (exact) mass is 275 g/mol. The van der Waals surface area contributed by atoms with E-state index in [4.69, 9.17) is 0 Å². The Morgan fingerprint density at radius 3 is 2.44 bits per heavy atom. The quantitative estimate of drug-likeness (QED) is 0.742. The molecule has 0 aromatic heterocycles. The highest BCUT2D eigenvalue weighted by Gasteiger charge is 2.25. The van der Waals surface area contributed by atoms with Crippen molar-refractivity contribution in [3.63, 3.8) is 0 Å². The van der Waals surface area contributed by atoms with Crippen molar-refractivity contribution in [1.29, 1.82) is 0 Å². The van der Waals surface area contributed by atoms with Crippen LogP contribution in [-0.2, 0) is 9.84 Å². The molecule has 1 unspecified atom stereocenters. The summed E-state index contributed by atoms with van der Waals surface area (Å²) in [5.41, 5.74) is 0. The second kappa shape index (κ2) is 6.32. The third-order valence-electron chi connectivity index (χ3n) is 4.01. The van der Waals surface area contributed by atoms with Crippen LogP contribution < -0.4 is 5.32 Å². The average molecular weight is 275 g/mol. The fourth-order valence-electron chi connectivity index (χ4n) is 2.72. The van der Waals surface area contributed by atoms with Gasteiger partial charge in [0.15, 0.2) is 9.84 Å². The van der Waals surface area contributed by atoms with Gasteiger partial charge < -0.3 is 15.1 Å². The molecular formula is C12H25N3O2S. The van der Waals surface area contributed by atoms with Crippen LogP contribution in [0.4, 0.5) is 0 Å². The molecule has 2 aliphatic heterocycles. The Hall–Kier alpha value is -0.170. The maximum atomic E-state index is 11.5. The number of rotatable bonds is 4. The van der Waals surface area contributed by atoms with Crippen molar-refractivity contribution in [2.24, 2.45) is 0 Å². The molecule has 2 heterocycles. The third kappa shape index (κ3) is 4.19. The molecule has 0 amide bonds. The summed E-state index contributed by atoms with van der Waals surface area (Å²) in [6.07, 6.45) is 0.950. The number of nitrogens with one attached hydrogen (secondary N) is 1. The molecular weight excluding hydrogens is 250 g/mol. The molecule has 0 aliphatic carbocycles. The predicted molar refractivity (Wildman–Crippen MR) is 73.6 cm³/mol. The Labute approximate surface area is 110 Å². The fourth-order valence-corrected chi connectivity index (χ4v) is 4.21. The van der Waals surface area contributed by atoms with Gasteiger partial charge in [-0.3, -0.25) is 0 Å². The van der Waals surface area contributed by atoms with E-state index in [0.29, 0.717) is 18.1 Å². The Balaban J connectivity index is 1.69. The summed E-state index contributed by atoms with van der Waals surface area (Å²) in [7, 11) is -2.79. The van der Waals surface area contributed by atoms with Crippen molar-refractivity contribution < 1.29 is 8.42 Å². The zero-order valence-corrected chi connectivity index (χ0v) is 12.1. The molecule has 2 aliphatic rings. The molecule has 0 aromatic rings. The first-order valence-corrected chi connectivity index (χ1v) is 8.80. The van der Waals surface area contributed by atoms with E-state index in [2.05, 4.69) is 22.0 Å². The molecule has 2 fully saturated rings. The Kier molecular flexibility index (Phi) is 5.00. The molecule has 1 atom stereocenters. The zero-order chi connectivity index (χ0) is 13.0. The fraction of sp³-hybridized carbons (Fsp3) is 1.00. The molecule has 0 radical (unpaired) electrons. The summed E-state index contributed by atoms with van der Waals surface area (Å²) in [4.78, 5) is 4.91. The molecule has 6 heteroatoms. The van der Waals surface area contributed by atoms with Gasteiger partial charge >= 0.3 is 0 Å². The number of likely N-dealkylation sites (N-methyl/N-ethyl adjacent to an activating group) is 1. The van der Waals surface area contributed by atoms with Crippen LogP contribution in [0.2, 0.25) is 0 Å². The Bertz CT molecular complexity index is 350. The normalized spacial score (nSPS) is 30.4. The van der Waals surface area contributed by atoms with E-state index in [-0.39, 0.29) is 6.04 Å². The highest BCUT2D eigenvalue weighted by Crippen LogP contribution is 2.08. The van der Waals surface area contributed by atoms with Crippen molar-refractivity contribution in [1.82, 2.24) is 15.1 Å². The Morgan fingerprint density at radius 1 is 1.17 bits per heavy atom. The largest absolute Gasteiger partial charge is 0.312 e. The van der Waals surface area contributed by atoms with Crippen LogP contribution in [0.3, 0.4) is 0 Å². The number of hydrogen-bond acceptors (Lipinski definition) is 5. The maximum Gasteiger partial charge on any atom is 0.153 e. The molecule has 0 saturated carbocycles. The van der Waals surface area contributed by atoms with Crippen molar-refractivity contribution in [2.45, 2.75) is 19.4 Å². The first-order chi connectivity index (χ1) is 8.59. The van der Waals surface area contributed by atoms with E-state index in [9.17, 15) is 8.42 Å². The minimum atomic E-state index is -2.79. The topological polar surface area (TPSA) is 52.7 Å². The van der Waals surface area contributed by atoms with Crippen LogP contribution in [0.5, 0.6) is 0 Å². The van der Waals surface area contributed by atoms with Gasteiger partial charge in [0.1, 0.15) is 0 Å². The van der Waals surface area contributed by atoms with E-state index in [1.54, 1.807) is 0 Å². The maximum absolute atomic E-state index is 11.5. The van der Waals surface area contributed by atoms with Crippen LogP contribution in [0.1, 0.15) is 13.3 Å². The highest BCUT2D eigenvalue weighted by atomic mass is 32.2. The van der Waals surface area contributed by atoms with Gasteiger partial charge in [0.2, 0.25) is 0 Å². The molecule has 1 N–H and O–H groups in total. The highest BCUT2D eigenvalue weighted by molar-refractivity contribution is 7.91. The summed E-state index contributed by atoms with van der Waals surface area (Å²) in [6.45, 7) is 9.50. The van der Waals surface area contributed by atoms with E-state index in [0.717, 1.165) is 45.7 Å². The SMILES string of the molecule is CCN1CCN(CCC2CS(=O)(=O)CCN2)CC1. The van der Waals surface area contributed by atoms with Gasteiger partial charge in [0.25, 0.3) is 0 Å². The number of piperazine rings is 1. The van der Waals surface area contributed by atoms with Crippen LogP contribution >= 0.6 is 0 Å². The van der Waals surface area contributed by atoms with E-state index in [1.165, 1.54) is 0 Å². The van der Waals surface area contributed by atoms with Gasteiger partial charge in [-0.2, -0.15) is 0 Å². The van der Waals surface area contributed by atoms with Gasteiger partial charge in [-0.1, -0.05) is 6.92 Å². The molecule has 0 aromatic carbocycles. The lowest BCUT2D eigenvalue weighted by atomic mass is 10.2. The second-order valence-electron chi connectivity index (χ2n) is 5.33. The number of hydrogen-bond donors (Lipinski definition) is 1. The molecule has 106 valence electrons. The molecule has 0 spiro atoms. The lowest BCUT2D eigenvalue weighted by molar-refractivity contribution is 0.133. The first kappa shape index (κ1) is 14.2. The van der Waals surface area contributed by atoms with Gasteiger partial charge in [-0.05, 0) is 19.5 Å². The molecule has 2 rings (SSSR count). The van der Waals surface area contributed by atoms with Crippen molar-refractivity contribution in [3.05, 3.63) is 0 Å². The van der Waals surface area contributed by atoms with Crippen molar-refractivity contribution >= 4 is 9.84 Å². The predicted octanol–water partition coefficient (Wildman–Crippen LogP) is -0.599. The van der Waals surface area contributed by atoms with Crippen molar-refractivity contribution in [3.8, 4) is 0 Å². The van der Waals surface area contributed by atoms with Crippen molar-refractivity contribution in [2.75, 3.05) is 57.3 Å². The first-order valence-electron chi connectivity index (χ1n) is 6.97. The smallest absolute Gasteiger partial charge is 0.153 e. The van der Waals surface area contributed by atoms with Gasteiger partial charge in [0.05, 0.1) is 11.5 Å². The Morgan fingerprint density at radius 2 is 1.83 bits per heavy atom. The summed E-state index contributed by atoms with van der Waals surface area (Å²) in [6, 6.07) is 0.160. The minimum Gasteiger partial charge on any atom is -0.312 e. The van der Waals surface area contributed by atoms with E-state index >= 15 is 0 Å². The van der Waals surface area contributed by atoms with Gasteiger partial charge in [-0.15, -0.1) is 0 Å². The van der Waals surface area contributed by atoms with Gasteiger partial charge in [-0.25, -0.2) is 8.42 Å². The molecule has 2 saturated heterocycles. The summed E-state index contributed by atoms with van der Waals surface area (Å²) >= 11 is 0. The average Bonchev–Trinajstić information content (AvgIpc) is 2.36. The minimum absolute atomic E-state index is 0.160. The molecule has 5 nitrogen and oxygen atoms in total. The molecule has 18 heavy (non-hydrogen) atoms. The standard InChI is InChI=1S/C12H25N3O2S/c1-2-14-6-8-15(9-7-14)5-3-12-11-18(16,17)10-4-13-12/h12-13H,2-11H2,1H3. The van der Waals surface area contributed by atoms with Crippen LogP contribution in [-0.4, -0.2) is 81.6 Å². The zero-order valence-electron chi connectivity index (χ0n) is 11.3. The number of nitrogens with zero attached hydrogens (tertiary/aromatic N) is 2. The van der Waals surface area contributed by atoms with Crippen LogP contribution in [0, 0.1) is 0 Å². The summed E-state index contributed by atoms with van der Waals surface area (Å²) < 4.78 is 23.1. The number of sulfone groups is 1. The van der Waals surface area contributed by atoms with Crippen LogP contribution in [0.25, 0.3) is 0 Å². The van der Waals surface area contributed by atoms with Gasteiger partial charge in [0, 0.05) is 38.8 Å². The lowest BCUT2D eigenvalue weighted by Crippen LogP contribution is -2.49. The lowest BCUT2D eigenvalue weighted by Gasteiger charge is -2.35. The summed E-state index contributed by atoms with van der Waals surface area (Å²) in [5.74, 6) is 0.626. The van der Waals surface area contributed by atoms with E-state index in [1.807, 2.05) is 0 Å².